The number of benzene rings is 2. The molecule has 2 nitrogen and oxygen atoms in total. The van der Waals surface area contributed by atoms with Crippen LogP contribution >= 0.6 is 11.6 Å². The summed E-state index contributed by atoms with van der Waals surface area (Å²) in [5.74, 6) is 0.262. The molecule has 4 heteroatoms. The fourth-order valence-corrected chi connectivity index (χ4v) is 2.02. The molecule has 0 radical (unpaired) electrons. The molecule has 0 atom stereocenters. The summed E-state index contributed by atoms with van der Waals surface area (Å²) < 4.78 is 18.7. The second-order valence-electron chi connectivity index (χ2n) is 4.57. The second kappa shape index (κ2) is 6.06. The summed E-state index contributed by atoms with van der Waals surface area (Å²) in [5, 5.41) is 0.0785. The van der Waals surface area contributed by atoms with Crippen LogP contribution in [0.15, 0.2) is 36.4 Å². The van der Waals surface area contributed by atoms with E-state index < -0.39 is 5.82 Å². The third kappa shape index (κ3) is 3.36. The first kappa shape index (κ1) is 14.5. The standard InChI is InChI=1S/C16H14ClFO2/c1-10-7-13(11(2)19)4-6-16(10)20-9-12-3-5-15(18)14(17)8-12/h3-8H,9H2,1-2H3. The third-order valence-electron chi connectivity index (χ3n) is 2.96. The first-order chi connectivity index (χ1) is 9.47. The lowest BCUT2D eigenvalue weighted by Crippen LogP contribution is -1.99. The first-order valence-corrected chi connectivity index (χ1v) is 6.53. The molecule has 0 aliphatic heterocycles. The van der Waals surface area contributed by atoms with Crippen molar-refractivity contribution in [2.45, 2.75) is 20.5 Å². The number of halogens is 2. The molecule has 0 heterocycles. The van der Waals surface area contributed by atoms with E-state index in [0.29, 0.717) is 17.9 Å². The zero-order chi connectivity index (χ0) is 14.7. The van der Waals surface area contributed by atoms with Crippen molar-refractivity contribution in [3.8, 4) is 5.75 Å². The van der Waals surface area contributed by atoms with Crippen molar-refractivity contribution in [3.63, 3.8) is 0 Å². The first-order valence-electron chi connectivity index (χ1n) is 6.15. The van der Waals surface area contributed by atoms with E-state index in [0.717, 1.165) is 11.1 Å². The van der Waals surface area contributed by atoms with Gasteiger partial charge >= 0.3 is 0 Å². The highest BCUT2D eigenvalue weighted by Crippen LogP contribution is 2.22. The number of hydrogen-bond acceptors (Lipinski definition) is 2. The Balaban J connectivity index is 2.10. The Kier molecular flexibility index (Phi) is 4.40. The molecular formula is C16H14ClFO2. The maximum atomic E-state index is 13.0. The molecule has 0 aromatic heterocycles. The molecule has 2 aromatic carbocycles. The number of hydrogen-bond donors (Lipinski definition) is 0. The van der Waals surface area contributed by atoms with Gasteiger partial charge in [-0.3, -0.25) is 4.79 Å². The Morgan fingerprint density at radius 2 is 2.00 bits per heavy atom. The predicted molar refractivity (Wildman–Crippen MR) is 76.9 cm³/mol. The monoisotopic (exact) mass is 292 g/mol. The Hall–Kier alpha value is -1.87. The van der Waals surface area contributed by atoms with Crippen molar-refractivity contribution in [3.05, 3.63) is 63.9 Å². The highest BCUT2D eigenvalue weighted by Gasteiger charge is 2.06. The maximum absolute atomic E-state index is 13.0. The van der Waals surface area contributed by atoms with Gasteiger partial charge in [-0.05, 0) is 55.3 Å². The zero-order valence-corrected chi connectivity index (χ0v) is 12.0. The molecule has 0 aliphatic carbocycles. The third-order valence-corrected chi connectivity index (χ3v) is 3.25. The smallest absolute Gasteiger partial charge is 0.159 e. The molecule has 0 N–H and O–H groups in total. The number of rotatable bonds is 4. The molecule has 0 unspecified atom stereocenters. The normalized spacial score (nSPS) is 10.4. The fraction of sp³-hybridized carbons (Fsp3) is 0.188. The molecule has 0 amide bonds. The molecule has 0 spiro atoms. The average molecular weight is 293 g/mol. The van der Waals surface area contributed by atoms with E-state index >= 15 is 0 Å². The van der Waals surface area contributed by atoms with E-state index in [1.54, 1.807) is 24.3 Å². The van der Waals surface area contributed by atoms with Gasteiger partial charge in [-0.2, -0.15) is 0 Å². The summed E-state index contributed by atoms with van der Waals surface area (Å²) in [6.07, 6.45) is 0. The van der Waals surface area contributed by atoms with Crippen molar-refractivity contribution in [2.75, 3.05) is 0 Å². The molecule has 0 saturated heterocycles. The SMILES string of the molecule is CC(=O)c1ccc(OCc2ccc(F)c(Cl)c2)c(C)c1. The van der Waals surface area contributed by atoms with Crippen LogP contribution in [-0.2, 0) is 6.61 Å². The van der Waals surface area contributed by atoms with E-state index in [2.05, 4.69) is 0 Å². The van der Waals surface area contributed by atoms with E-state index in [-0.39, 0.29) is 10.8 Å². The summed E-state index contributed by atoms with van der Waals surface area (Å²) in [6, 6.07) is 9.75. The van der Waals surface area contributed by atoms with Crippen LogP contribution < -0.4 is 4.74 Å². The zero-order valence-electron chi connectivity index (χ0n) is 11.2. The summed E-state index contributed by atoms with van der Waals surface area (Å²) >= 11 is 5.71. The van der Waals surface area contributed by atoms with Gasteiger partial charge in [0.2, 0.25) is 0 Å². The number of carbonyl (C=O) groups is 1. The maximum Gasteiger partial charge on any atom is 0.159 e. The molecular weight excluding hydrogens is 279 g/mol. The summed E-state index contributed by atoms with van der Waals surface area (Å²) in [7, 11) is 0. The molecule has 2 rings (SSSR count). The molecule has 0 aliphatic rings. The minimum absolute atomic E-state index is 0.0185. The van der Waals surface area contributed by atoms with Crippen LogP contribution in [0.4, 0.5) is 4.39 Å². The number of Topliss-reactive ketones (excluding diaryl/α,β-unsaturated/α-hetero) is 1. The van der Waals surface area contributed by atoms with Crippen molar-refractivity contribution >= 4 is 17.4 Å². The van der Waals surface area contributed by atoms with Gasteiger partial charge in [0.15, 0.2) is 5.78 Å². The Morgan fingerprint density at radius 3 is 2.60 bits per heavy atom. The average Bonchev–Trinajstić information content (AvgIpc) is 2.41. The van der Waals surface area contributed by atoms with Gasteiger partial charge < -0.3 is 4.74 Å². The number of aryl methyl sites for hydroxylation is 1. The lowest BCUT2D eigenvalue weighted by Gasteiger charge is -2.10. The van der Waals surface area contributed by atoms with Gasteiger partial charge in [0.1, 0.15) is 18.2 Å². The van der Waals surface area contributed by atoms with Crippen LogP contribution in [-0.4, -0.2) is 5.78 Å². The van der Waals surface area contributed by atoms with E-state index in [1.165, 1.54) is 19.1 Å². The van der Waals surface area contributed by atoms with Gasteiger partial charge in [0.25, 0.3) is 0 Å². The number of ketones is 1. The van der Waals surface area contributed by atoms with Crippen LogP contribution in [0, 0.1) is 12.7 Å². The Bertz CT molecular complexity index is 653. The van der Waals surface area contributed by atoms with Crippen LogP contribution in [0.1, 0.15) is 28.4 Å². The number of carbonyl (C=O) groups excluding carboxylic acids is 1. The van der Waals surface area contributed by atoms with Gasteiger partial charge in [-0.15, -0.1) is 0 Å². The quantitative estimate of drug-likeness (QED) is 0.772. The summed E-state index contributed by atoms with van der Waals surface area (Å²) in [5.41, 5.74) is 2.32. The molecule has 0 saturated carbocycles. The largest absolute Gasteiger partial charge is 0.489 e. The minimum atomic E-state index is -0.447. The Morgan fingerprint density at radius 1 is 1.25 bits per heavy atom. The molecule has 20 heavy (non-hydrogen) atoms. The molecule has 0 fully saturated rings. The van der Waals surface area contributed by atoms with Crippen molar-refractivity contribution in [2.24, 2.45) is 0 Å². The van der Waals surface area contributed by atoms with Crippen molar-refractivity contribution in [1.82, 2.24) is 0 Å². The summed E-state index contributed by atoms with van der Waals surface area (Å²) in [4.78, 5) is 11.3. The lowest BCUT2D eigenvalue weighted by atomic mass is 10.1. The van der Waals surface area contributed by atoms with Crippen LogP contribution in [0.3, 0.4) is 0 Å². The van der Waals surface area contributed by atoms with Crippen molar-refractivity contribution < 1.29 is 13.9 Å². The van der Waals surface area contributed by atoms with Gasteiger partial charge in [-0.25, -0.2) is 4.39 Å². The molecule has 0 bridgehead atoms. The van der Waals surface area contributed by atoms with Gasteiger partial charge in [0.05, 0.1) is 5.02 Å². The van der Waals surface area contributed by atoms with Crippen LogP contribution in [0.5, 0.6) is 5.75 Å². The summed E-state index contributed by atoms with van der Waals surface area (Å²) in [6.45, 7) is 3.69. The molecule has 104 valence electrons. The van der Waals surface area contributed by atoms with Gasteiger partial charge in [-0.1, -0.05) is 17.7 Å². The Labute approximate surface area is 122 Å². The second-order valence-corrected chi connectivity index (χ2v) is 4.98. The highest BCUT2D eigenvalue weighted by atomic mass is 35.5. The van der Waals surface area contributed by atoms with Crippen LogP contribution in [0.25, 0.3) is 0 Å². The van der Waals surface area contributed by atoms with E-state index in [4.69, 9.17) is 16.3 Å². The number of ether oxygens (including phenoxy) is 1. The van der Waals surface area contributed by atoms with Crippen molar-refractivity contribution in [1.29, 1.82) is 0 Å². The topological polar surface area (TPSA) is 26.3 Å². The van der Waals surface area contributed by atoms with E-state index in [1.807, 2.05) is 6.92 Å². The van der Waals surface area contributed by atoms with E-state index in [9.17, 15) is 9.18 Å². The highest BCUT2D eigenvalue weighted by molar-refractivity contribution is 6.30. The minimum Gasteiger partial charge on any atom is -0.489 e. The van der Waals surface area contributed by atoms with Gasteiger partial charge in [0, 0.05) is 5.56 Å². The predicted octanol–water partition coefficient (Wildman–Crippen LogP) is 4.57. The lowest BCUT2D eigenvalue weighted by molar-refractivity contribution is 0.101. The molecule has 2 aromatic rings. The van der Waals surface area contributed by atoms with Crippen LogP contribution in [0.2, 0.25) is 5.02 Å². The fourth-order valence-electron chi connectivity index (χ4n) is 1.82.